The van der Waals surface area contributed by atoms with E-state index < -0.39 is 0 Å². The van der Waals surface area contributed by atoms with Crippen LogP contribution in [0.2, 0.25) is 0 Å². The van der Waals surface area contributed by atoms with Gasteiger partial charge in [-0.05, 0) is 26.1 Å². The smallest absolute Gasteiger partial charge is 0.176 e. The average Bonchev–Trinajstić information content (AvgIpc) is 2.55. The molecule has 0 N–H and O–H groups in total. The SMILES string of the molecule is CCO/C=N/c1c(C#N)sc(=S)n1CC. The van der Waals surface area contributed by atoms with Crippen LogP contribution in [0, 0.1) is 15.3 Å². The molecule has 0 aliphatic heterocycles. The minimum Gasteiger partial charge on any atom is -0.483 e. The van der Waals surface area contributed by atoms with Crippen molar-refractivity contribution in [3.05, 3.63) is 8.83 Å². The first-order valence-corrected chi connectivity index (χ1v) is 5.74. The highest BCUT2D eigenvalue weighted by molar-refractivity contribution is 7.73. The van der Waals surface area contributed by atoms with E-state index in [1.807, 2.05) is 18.4 Å². The van der Waals surface area contributed by atoms with E-state index >= 15 is 0 Å². The Morgan fingerprint density at radius 2 is 2.40 bits per heavy atom. The molecule has 0 atom stereocenters. The minimum atomic E-state index is 0.526. The summed E-state index contributed by atoms with van der Waals surface area (Å²) in [6, 6.07) is 2.08. The van der Waals surface area contributed by atoms with Crippen molar-refractivity contribution in [2.45, 2.75) is 20.4 Å². The van der Waals surface area contributed by atoms with Crippen LogP contribution in [0.5, 0.6) is 0 Å². The molecule has 1 aromatic heterocycles. The number of nitrogens with zero attached hydrogens (tertiary/aromatic N) is 3. The van der Waals surface area contributed by atoms with Crippen LogP contribution in [-0.4, -0.2) is 17.6 Å². The summed E-state index contributed by atoms with van der Waals surface area (Å²) in [5.74, 6) is 0.587. The van der Waals surface area contributed by atoms with E-state index in [4.69, 9.17) is 22.2 Å². The van der Waals surface area contributed by atoms with Crippen molar-refractivity contribution in [1.29, 1.82) is 5.26 Å². The van der Waals surface area contributed by atoms with E-state index in [1.54, 1.807) is 0 Å². The van der Waals surface area contributed by atoms with Gasteiger partial charge in [0.2, 0.25) is 0 Å². The molecule has 0 bridgehead atoms. The number of thiazole rings is 1. The van der Waals surface area contributed by atoms with Gasteiger partial charge in [0.1, 0.15) is 6.07 Å². The molecule has 0 spiro atoms. The summed E-state index contributed by atoms with van der Waals surface area (Å²) in [7, 11) is 0. The van der Waals surface area contributed by atoms with Gasteiger partial charge in [-0.2, -0.15) is 5.26 Å². The zero-order valence-electron chi connectivity index (χ0n) is 8.56. The lowest BCUT2D eigenvalue weighted by molar-refractivity contribution is 0.343. The lowest BCUT2D eigenvalue weighted by Crippen LogP contribution is -1.94. The van der Waals surface area contributed by atoms with Crippen LogP contribution >= 0.6 is 23.6 Å². The van der Waals surface area contributed by atoms with E-state index in [1.165, 1.54) is 17.7 Å². The molecule has 0 aliphatic carbocycles. The summed E-state index contributed by atoms with van der Waals surface area (Å²) in [5, 5.41) is 8.89. The van der Waals surface area contributed by atoms with E-state index in [0.29, 0.717) is 27.8 Å². The molecule has 0 aliphatic rings. The third kappa shape index (κ3) is 2.64. The first kappa shape index (κ1) is 11.9. The van der Waals surface area contributed by atoms with Crippen molar-refractivity contribution in [1.82, 2.24) is 4.57 Å². The van der Waals surface area contributed by atoms with E-state index in [-0.39, 0.29) is 0 Å². The van der Waals surface area contributed by atoms with Gasteiger partial charge in [0.25, 0.3) is 0 Å². The van der Waals surface area contributed by atoms with Crippen molar-refractivity contribution in [3.8, 4) is 6.07 Å². The van der Waals surface area contributed by atoms with Crippen LogP contribution in [-0.2, 0) is 11.3 Å². The van der Waals surface area contributed by atoms with Gasteiger partial charge in [-0.25, -0.2) is 4.99 Å². The molecular weight excluding hydrogens is 230 g/mol. The normalized spacial score (nSPS) is 10.5. The summed E-state index contributed by atoms with van der Waals surface area (Å²) in [6.45, 7) is 5.10. The van der Waals surface area contributed by atoms with E-state index in [9.17, 15) is 0 Å². The quantitative estimate of drug-likeness (QED) is 0.462. The van der Waals surface area contributed by atoms with Crippen LogP contribution in [0.4, 0.5) is 5.82 Å². The largest absolute Gasteiger partial charge is 0.483 e. The molecule has 6 heteroatoms. The first-order valence-electron chi connectivity index (χ1n) is 4.52. The average molecular weight is 241 g/mol. The van der Waals surface area contributed by atoms with Gasteiger partial charge in [0.15, 0.2) is 21.0 Å². The van der Waals surface area contributed by atoms with Crippen molar-refractivity contribution in [2.24, 2.45) is 4.99 Å². The molecule has 1 heterocycles. The number of aromatic nitrogens is 1. The monoisotopic (exact) mass is 241 g/mol. The molecular formula is C9H11N3OS2. The minimum absolute atomic E-state index is 0.526. The first-order chi connectivity index (χ1) is 7.24. The predicted molar refractivity (Wildman–Crippen MR) is 63.3 cm³/mol. The summed E-state index contributed by atoms with van der Waals surface area (Å²) in [4.78, 5) is 4.62. The van der Waals surface area contributed by atoms with Gasteiger partial charge in [0, 0.05) is 6.54 Å². The van der Waals surface area contributed by atoms with Gasteiger partial charge in [-0.1, -0.05) is 11.3 Å². The Kier molecular flexibility index (Phi) is 4.46. The standard InChI is InChI=1S/C9H11N3OS2/c1-3-12-8(11-6-13-4-2)7(5-10)15-9(12)14/h6H,3-4H2,1-2H3/b11-6+. The van der Waals surface area contributed by atoms with Crippen LogP contribution < -0.4 is 0 Å². The number of hydrogen-bond donors (Lipinski definition) is 0. The summed E-state index contributed by atoms with van der Waals surface area (Å²) in [6.07, 6.45) is 1.35. The highest BCUT2D eigenvalue weighted by Gasteiger charge is 2.09. The Labute approximate surface area is 97.5 Å². The lowest BCUT2D eigenvalue weighted by Gasteiger charge is -1.99. The highest BCUT2D eigenvalue weighted by atomic mass is 32.1. The van der Waals surface area contributed by atoms with Crippen molar-refractivity contribution in [3.63, 3.8) is 0 Å². The molecule has 0 aromatic carbocycles. The third-order valence-corrected chi connectivity index (χ3v) is 3.05. The third-order valence-electron chi connectivity index (χ3n) is 1.70. The Morgan fingerprint density at radius 1 is 1.67 bits per heavy atom. The topological polar surface area (TPSA) is 50.3 Å². The maximum Gasteiger partial charge on any atom is 0.176 e. The lowest BCUT2D eigenvalue weighted by atomic mass is 10.5. The molecule has 15 heavy (non-hydrogen) atoms. The summed E-state index contributed by atoms with van der Waals surface area (Å²) >= 11 is 6.39. The van der Waals surface area contributed by atoms with Crippen LogP contribution in [0.1, 0.15) is 18.7 Å². The molecule has 1 aromatic rings. The molecule has 0 saturated carbocycles. The fourth-order valence-corrected chi connectivity index (χ4v) is 2.30. The second-order valence-electron chi connectivity index (χ2n) is 2.57. The molecule has 0 unspecified atom stereocenters. The van der Waals surface area contributed by atoms with Crippen LogP contribution in [0.25, 0.3) is 0 Å². The number of nitriles is 1. The molecule has 80 valence electrons. The van der Waals surface area contributed by atoms with Crippen molar-refractivity contribution in [2.75, 3.05) is 6.61 Å². The fourth-order valence-electron chi connectivity index (χ4n) is 1.04. The second-order valence-corrected chi connectivity index (χ2v) is 4.21. The Hall–Kier alpha value is -1.19. The second kappa shape index (κ2) is 5.63. The zero-order chi connectivity index (χ0) is 11.3. The molecule has 4 nitrogen and oxygen atoms in total. The summed E-state index contributed by atoms with van der Waals surface area (Å²) in [5.41, 5.74) is 0. The molecule has 0 amide bonds. The number of hydrogen-bond acceptors (Lipinski definition) is 5. The molecule has 0 fully saturated rings. The predicted octanol–water partition coefficient (Wildman–Crippen LogP) is 2.87. The Balaban J connectivity index is 3.14. The van der Waals surface area contributed by atoms with Gasteiger partial charge in [-0.3, -0.25) is 0 Å². The number of rotatable bonds is 4. The van der Waals surface area contributed by atoms with Gasteiger partial charge < -0.3 is 9.30 Å². The van der Waals surface area contributed by atoms with E-state index in [0.717, 1.165) is 0 Å². The fraction of sp³-hybridized carbons (Fsp3) is 0.444. The van der Waals surface area contributed by atoms with Crippen LogP contribution in [0.3, 0.4) is 0 Å². The maximum absolute atomic E-state index is 8.89. The van der Waals surface area contributed by atoms with Gasteiger partial charge in [-0.15, -0.1) is 0 Å². The van der Waals surface area contributed by atoms with Crippen molar-refractivity contribution >= 4 is 35.8 Å². The Bertz CT molecular complexity index is 453. The van der Waals surface area contributed by atoms with E-state index in [2.05, 4.69) is 11.1 Å². The highest BCUT2D eigenvalue weighted by Crippen LogP contribution is 2.26. The van der Waals surface area contributed by atoms with Crippen LogP contribution in [0.15, 0.2) is 4.99 Å². The number of ether oxygens (including phenoxy) is 1. The molecule has 0 radical (unpaired) electrons. The zero-order valence-corrected chi connectivity index (χ0v) is 10.2. The maximum atomic E-state index is 8.89. The molecule has 1 rings (SSSR count). The summed E-state index contributed by atoms with van der Waals surface area (Å²) < 4.78 is 7.48. The number of aliphatic imine (C=N–C) groups is 1. The van der Waals surface area contributed by atoms with Gasteiger partial charge in [0.05, 0.1) is 6.61 Å². The Morgan fingerprint density at radius 3 is 2.93 bits per heavy atom. The van der Waals surface area contributed by atoms with Crippen molar-refractivity contribution < 1.29 is 4.74 Å². The molecule has 0 saturated heterocycles. The van der Waals surface area contributed by atoms with Gasteiger partial charge >= 0.3 is 0 Å².